The van der Waals surface area contributed by atoms with Crippen molar-refractivity contribution in [2.45, 2.75) is 120 Å². The summed E-state index contributed by atoms with van der Waals surface area (Å²) < 4.78 is 7.84. The highest BCUT2D eigenvalue weighted by molar-refractivity contribution is 5.85. The van der Waals surface area contributed by atoms with Crippen molar-refractivity contribution in [3.05, 3.63) is 156 Å². The molecule has 0 bridgehead atoms. The number of carbonyl (C=O) groups is 1. The fraction of sp³-hybridized carbons (Fsp3) is 0.429. The second kappa shape index (κ2) is 24.8. The Morgan fingerprint density at radius 2 is 1.42 bits per heavy atom. The van der Waals surface area contributed by atoms with Crippen molar-refractivity contribution < 1.29 is 9.53 Å². The largest absolute Gasteiger partial charge is 0.374 e. The molecule has 0 aliphatic carbocycles. The average Bonchev–Trinajstić information content (AvgIpc) is 3.60. The van der Waals surface area contributed by atoms with Gasteiger partial charge < -0.3 is 19.9 Å². The molecule has 6 nitrogen and oxygen atoms in total. The maximum absolute atomic E-state index is 12.2. The first-order valence-electron chi connectivity index (χ1n) is 19.6. The molecule has 0 fully saturated rings. The molecule has 0 saturated heterocycles. The number of amides is 1. The average molecular weight is 749 g/mol. The summed E-state index contributed by atoms with van der Waals surface area (Å²) in [7, 11) is 1.77. The Bertz CT molecular complexity index is 1690. The first-order chi connectivity index (χ1) is 25.9. The number of ether oxygens (including phenoxy) is 1. The normalized spacial score (nSPS) is 11.9. The second-order valence-corrected chi connectivity index (χ2v) is 15.9. The molecule has 1 amide bonds. The monoisotopic (exact) mass is 749 g/mol. The fourth-order valence-corrected chi connectivity index (χ4v) is 4.94. The molecule has 2 N–H and O–H groups in total. The van der Waals surface area contributed by atoms with Crippen LogP contribution in [-0.2, 0) is 29.0 Å². The number of rotatable bonds is 14. The van der Waals surface area contributed by atoms with E-state index in [1.807, 2.05) is 77.4 Å². The fourth-order valence-electron chi connectivity index (χ4n) is 4.94. The van der Waals surface area contributed by atoms with E-state index in [-0.39, 0.29) is 11.9 Å². The summed E-state index contributed by atoms with van der Waals surface area (Å²) in [6.07, 6.45) is 9.24. The third-order valence-corrected chi connectivity index (χ3v) is 9.15. The summed E-state index contributed by atoms with van der Waals surface area (Å²) in [5, 5.41) is 5.95. The van der Waals surface area contributed by atoms with Crippen LogP contribution < -0.4 is 10.6 Å². The molecule has 4 rings (SSSR count). The highest BCUT2D eigenvalue weighted by atomic mass is 16.5. The minimum atomic E-state index is -0.618. The molecule has 0 spiro atoms. The van der Waals surface area contributed by atoms with E-state index in [9.17, 15) is 4.79 Å². The summed E-state index contributed by atoms with van der Waals surface area (Å²) in [5.41, 5.74) is 9.34. The molecule has 300 valence electrons. The molecule has 0 saturated carbocycles. The number of hydrogen-bond donors (Lipinski definition) is 2. The van der Waals surface area contributed by atoms with Gasteiger partial charge in [-0.1, -0.05) is 144 Å². The number of nitrogens with one attached hydrogen (secondary N) is 2. The Morgan fingerprint density at radius 3 is 1.82 bits per heavy atom. The maximum atomic E-state index is 12.2. The van der Waals surface area contributed by atoms with E-state index in [2.05, 4.69) is 136 Å². The zero-order valence-electron chi connectivity index (χ0n) is 36.3. The van der Waals surface area contributed by atoms with Gasteiger partial charge in [0.1, 0.15) is 0 Å². The molecule has 3 aromatic carbocycles. The Morgan fingerprint density at radius 1 is 0.873 bits per heavy atom. The van der Waals surface area contributed by atoms with Crippen LogP contribution in [0.2, 0.25) is 0 Å². The third-order valence-electron chi connectivity index (χ3n) is 9.15. The van der Waals surface area contributed by atoms with E-state index in [0.717, 1.165) is 41.7 Å². The molecule has 1 aromatic heterocycles. The predicted octanol–water partition coefficient (Wildman–Crippen LogP) is 11.5. The van der Waals surface area contributed by atoms with Crippen LogP contribution in [0.25, 0.3) is 5.57 Å². The number of allylic oxidation sites excluding steroid dienone is 2. The summed E-state index contributed by atoms with van der Waals surface area (Å²) in [6.45, 7) is 35.1. The molecular formula is C49H72N4O2. The standard InChI is InChI=1S/C17H26N2O2.C14H18N2.C11H14.C7H14/c1-13(2)15(19-16(20)17(3,4)18-5)12-21-11-14-9-7-6-8-10-14;1-4-13-5-7-14(8-6-13)12(3)16-9-11(2)15-10-16;1-4-10-5-7-11(8-6-10)9(2)3;1-5-6-7(2,3)4/h6-10,15,18H,1,11-12H2,2-5H3,(H,19,20);5-10,12H,4H2,1-3H3;5-8H,2,4H2,1,3H3;5H,1,6H2,2-4H3. The number of aromatic nitrogens is 2. The van der Waals surface area contributed by atoms with Crippen LogP contribution in [0.1, 0.15) is 115 Å². The van der Waals surface area contributed by atoms with Crippen molar-refractivity contribution in [1.82, 2.24) is 20.2 Å². The van der Waals surface area contributed by atoms with Crippen LogP contribution in [0, 0.1) is 12.3 Å². The highest BCUT2D eigenvalue weighted by Crippen LogP contribution is 2.19. The van der Waals surface area contributed by atoms with Gasteiger partial charge in [0.25, 0.3) is 0 Å². The highest BCUT2D eigenvalue weighted by Gasteiger charge is 2.27. The van der Waals surface area contributed by atoms with E-state index < -0.39 is 5.54 Å². The lowest BCUT2D eigenvalue weighted by Gasteiger charge is -2.27. The first-order valence-corrected chi connectivity index (χ1v) is 19.6. The van der Waals surface area contributed by atoms with Gasteiger partial charge in [-0.2, -0.15) is 0 Å². The number of carbonyl (C=O) groups excluding carboxylic acids is 1. The quantitative estimate of drug-likeness (QED) is 0.126. The summed E-state index contributed by atoms with van der Waals surface area (Å²) in [5.74, 6) is -0.0682. The van der Waals surface area contributed by atoms with Gasteiger partial charge in [-0.15, -0.1) is 6.58 Å². The van der Waals surface area contributed by atoms with Crippen molar-refractivity contribution >= 4 is 11.5 Å². The van der Waals surface area contributed by atoms with Gasteiger partial charge in [0, 0.05) is 6.20 Å². The van der Waals surface area contributed by atoms with E-state index in [0.29, 0.717) is 24.7 Å². The van der Waals surface area contributed by atoms with Crippen LogP contribution in [0.4, 0.5) is 0 Å². The first kappa shape index (κ1) is 48.5. The van der Waals surface area contributed by atoms with Crippen molar-refractivity contribution in [3.63, 3.8) is 0 Å². The van der Waals surface area contributed by atoms with Gasteiger partial charge in [-0.3, -0.25) is 4.79 Å². The van der Waals surface area contributed by atoms with Gasteiger partial charge in [0.2, 0.25) is 5.91 Å². The van der Waals surface area contributed by atoms with E-state index in [1.165, 1.54) is 22.3 Å². The smallest absolute Gasteiger partial charge is 0.240 e. The SMILES string of the molecule is C=C(C)C(COCc1ccccc1)NC(=O)C(C)(C)NC.C=C(C)c1ccc(CC)cc1.C=CCC(C)(C)C.CCc1ccc(C(C)n2cnc(C)c2)cc1. The Balaban J connectivity index is 0.000000393. The van der Waals surface area contributed by atoms with Crippen LogP contribution in [0.15, 0.2) is 123 Å². The number of hydrogen-bond acceptors (Lipinski definition) is 4. The molecule has 4 aromatic rings. The Kier molecular flexibility index (Phi) is 21.9. The topological polar surface area (TPSA) is 68.2 Å². The molecule has 2 atom stereocenters. The lowest BCUT2D eigenvalue weighted by molar-refractivity contribution is -0.127. The maximum Gasteiger partial charge on any atom is 0.240 e. The second-order valence-electron chi connectivity index (χ2n) is 15.9. The third kappa shape index (κ3) is 19.6. The van der Waals surface area contributed by atoms with E-state index in [1.54, 1.807) is 7.05 Å². The van der Waals surface area contributed by atoms with Crippen LogP contribution in [0.5, 0.6) is 0 Å². The van der Waals surface area contributed by atoms with Gasteiger partial charge in [0.05, 0.1) is 42.9 Å². The van der Waals surface area contributed by atoms with Gasteiger partial charge in [-0.05, 0) is 101 Å². The van der Waals surface area contributed by atoms with Crippen molar-refractivity contribution in [3.8, 4) is 0 Å². The molecule has 0 aliphatic heterocycles. The van der Waals surface area contributed by atoms with Crippen molar-refractivity contribution in [2.24, 2.45) is 5.41 Å². The van der Waals surface area contributed by atoms with Crippen LogP contribution >= 0.6 is 0 Å². The van der Waals surface area contributed by atoms with Gasteiger partial charge in [0.15, 0.2) is 0 Å². The van der Waals surface area contributed by atoms with E-state index >= 15 is 0 Å². The molecule has 0 radical (unpaired) electrons. The summed E-state index contributed by atoms with van der Waals surface area (Å²) in [4.78, 5) is 16.4. The Hall–Kier alpha value is -4.52. The lowest BCUT2D eigenvalue weighted by atomic mass is 9.93. The predicted molar refractivity (Wildman–Crippen MR) is 237 cm³/mol. The lowest BCUT2D eigenvalue weighted by Crippen LogP contribution is -2.54. The molecule has 55 heavy (non-hydrogen) atoms. The zero-order chi connectivity index (χ0) is 41.6. The number of nitrogens with zero attached hydrogens (tertiary/aromatic N) is 2. The van der Waals surface area contributed by atoms with Crippen LogP contribution in [-0.4, -0.2) is 40.7 Å². The summed E-state index contributed by atoms with van der Waals surface area (Å²) in [6, 6.07) is 27.5. The minimum absolute atomic E-state index is 0.0682. The van der Waals surface area contributed by atoms with Gasteiger partial charge in [-0.25, -0.2) is 4.98 Å². The van der Waals surface area contributed by atoms with Crippen molar-refractivity contribution in [1.29, 1.82) is 0 Å². The molecule has 6 heteroatoms. The summed E-state index contributed by atoms with van der Waals surface area (Å²) >= 11 is 0. The molecule has 0 aliphatic rings. The molecular weight excluding hydrogens is 677 g/mol. The number of imidazole rings is 1. The number of likely N-dealkylation sites (N-methyl/N-ethyl adjacent to an activating group) is 1. The minimum Gasteiger partial charge on any atom is -0.374 e. The zero-order valence-corrected chi connectivity index (χ0v) is 36.3. The molecule has 2 unspecified atom stereocenters. The molecule has 1 heterocycles. The van der Waals surface area contributed by atoms with Crippen LogP contribution in [0.3, 0.4) is 0 Å². The van der Waals surface area contributed by atoms with Gasteiger partial charge >= 0.3 is 0 Å². The number of benzene rings is 3. The number of aryl methyl sites for hydroxylation is 3. The Labute approximate surface area is 335 Å². The van der Waals surface area contributed by atoms with E-state index in [4.69, 9.17) is 4.74 Å². The van der Waals surface area contributed by atoms with Crippen molar-refractivity contribution in [2.75, 3.05) is 13.7 Å².